The van der Waals surface area contributed by atoms with Crippen molar-refractivity contribution in [2.75, 3.05) is 18.6 Å². The minimum Gasteiger partial charge on any atom is -0.396 e. The Balaban J connectivity index is 2.49. The quantitative estimate of drug-likeness (QED) is 0.792. The van der Waals surface area contributed by atoms with Crippen LogP contribution in [0.2, 0.25) is 0 Å². The van der Waals surface area contributed by atoms with Gasteiger partial charge in [-0.15, -0.1) is 0 Å². The lowest BCUT2D eigenvalue weighted by molar-refractivity contribution is -0.121. The second-order valence-electron chi connectivity index (χ2n) is 4.04. The zero-order chi connectivity index (χ0) is 13.4. The van der Waals surface area contributed by atoms with Crippen molar-refractivity contribution in [3.63, 3.8) is 0 Å². The van der Waals surface area contributed by atoms with Crippen LogP contribution in [0.15, 0.2) is 24.3 Å². The van der Waals surface area contributed by atoms with Crippen molar-refractivity contribution in [2.24, 2.45) is 0 Å². The van der Waals surface area contributed by atoms with Crippen molar-refractivity contribution in [1.82, 2.24) is 5.32 Å². The highest BCUT2D eigenvalue weighted by Crippen LogP contribution is 2.06. The van der Waals surface area contributed by atoms with Crippen molar-refractivity contribution in [2.45, 2.75) is 18.9 Å². The van der Waals surface area contributed by atoms with Gasteiger partial charge in [-0.1, -0.05) is 12.1 Å². The maximum absolute atomic E-state index is 13.0. The lowest BCUT2D eigenvalue weighted by atomic mass is 10.1. The zero-order valence-electron chi connectivity index (χ0n) is 10.4. The van der Waals surface area contributed by atoms with Crippen LogP contribution in [0.3, 0.4) is 0 Å². The van der Waals surface area contributed by atoms with Gasteiger partial charge in [0.05, 0.1) is 6.42 Å². The van der Waals surface area contributed by atoms with Gasteiger partial charge in [0, 0.05) is 18.4 Å². The Kier molecular flexibility index (Phi) is 6.75. The van der Waals surface area contributed by atoms with Gasteiger partial charge in [0.25, 0.3) is 0 Å². The summed E-state index contributed by atoms with van der Waals surface area (Å²) in [6.07, 6.45) is 2.65. The molecular formula is C13H18FNO2S. The molecule has 5 heteroatoms. The summed E-state index contributed by atoms with van der Waals surface area (Å²) in [4.78, 5) is 11.8. The van der Waals surface area contributed by atoms with Crippen molar-refractivity contribution in [3.8, 4) is 0 Å². The molecule has 0 aromatic heterocycles. The molecule has 0 aliphatic carbocycles. The summed E-state index contributed by atoms with van der Waals surface area (Å²) in [6.45, 7) is 0.0471. The number of carbonyl (C=O) groups is 1. The normalized spacial score (nSPS) is 12.2. The molecule has 0 radical (unpaired) electrons. The second kappa shape index (κ2) is 8.11. The molecule has 0 heterocycles. The lowest BCUT2D eigenvalue weighted by Crippen LogP contribution is -2.38. The third-order valence-corrected chi connectivity index (χ3v) is 3.20. The number of nitrogens with one attached hydrogen (secondary N) is 1. The number of amides is 1. The molecule has 0 aliphatic rings. The molecule has 3 nitrogen and oxygen atoms in total. The van der Waals surface area contributed by atoms with Crippen LogP contribution in [0.1, 0.15) is 12.0 Å². The van der Waals surface area contributed by atoms with Crippen molar-refractivity contribution >= 4 is 17.7 Å². The smallest absolute Gasteiger partial charge is 0.224 e. The van der Waals surface area contributed by atoms with E-state index in [0.29, 0.717) is 12.0 Å². The molecule has 1 aromatic rings. The fraction of sp³-hybridized carbons (Fsp3) is 0.462. The third-order valence-electron chi connectivity index (χ3n) is 2.46. The van der Waals surface area contributed by atoms with Crippen LogP contribution in [-0.4, -0.2) is 35.7 Å². The van der Waals surface area contributed by atoms with Gasteiger partial charge < -0.3 is 10.4 Å². The van der Waals surface area contributed by atoms with Crippen LogP contribution in [0, 0.1) is 5.82 Å². The van der Waals surface area contributed by atoms with E-state index in [4.69, 9.17) is 5.11 Å². The van der Waals surface area contributed by atoms with Crippen LogP contribution in [0.5, 0.6) is 0 Å². The first kappa shape index (κ1) is 15.0. The number of hydrogen-bond acceptors (Lipinski definition) is 3. The molecule has 0 aliphatic heterocycles. The number of aliphatic hydroxyl groups is 1. The van der Waals surface area contributed by atoms with E-state index in [0.717, 1.165) is 5.75 Å². The minimum atomic E-state index is -0.337. The highest BCUT2D eigenvalue weighted by Gasteiger charge is 2.11. The van der Waals surface area contributed by atoms with Crippen LogP contribution >= 0.6 is 11.8 Å². The average Bonchev–Trinajstić information content (AvgIpc) is 2.29. The maximum Gasteiger partial charge on any atom is 0.224 e. The zero-order valence-corrected chi connectivity index (χ0v) is 11.2. The number of halogens is 1. The molecule has 0 saturated heterocycles. The van der Waals surface area contributed by atoms with Crippen molar-refractivity contribution < 1.29 is 14.3 Å². The Labute approximate surface area is 111 Å². The first-order valence-electron chi connectivity index (χ1n) is 5.79. The number of rotatable bonds is 7. The molecule has 1 amide bonds. The summed E-state index contributed by atoms with van der Waals surface area (Å²) in [6, 6.07) is 5.98. The predicted octanol–water partition coefficient (Wildman–Crippen LogP) is 1.60. The Bertz CT molecular complexity index is 381. The van der Waals surface area contributed by atoms with Crippen LogP contribution in [0.25, 0.3) is 0 Å². The number of carbonyl (C=O) groups excluding carboxylic acids is 1. The Morgan fingerprint density at radius 2 is 2.33 bits per heavy atom. The maximum atomic E-state index is 13.0. The van der Waals surface area contributed by atoms with E-state index in [1.54, 1.807) is 23.9 Å². The molecule has 1 rings (SSSR count). The summed E-state index contributed by atoms with van der Waals surface area (Å²) < 4.78 is 13.0. The summed E-state index contributed by atoms with van der Waals surface area (Å²) in [7, 11) is 0. The number of aliphatic hydroxyl groups excluding tert-OH is 1. The SMILES string of the molecule is CSCC(CCO)NC(=O)Cc1cccc(F)c1. The molecule has 0 fully saturated rings. The van der Waals surface area contributed by atoms with Crippen LogP contribution in [-0.2, 0) is 11.2 Å². The Morgan fingerprint density at radius 3 is 2.94 bits per heavy atom. The van der Waals surface area contributed by atoms with Gasteiger partial charge in [-0.2, -0.15) is 11.8 Å². The van der Waals surface area contributed by atoms with Gasteiger partial charge in [-0.25, -0.2) is 4.39 Å². The number of hydrogen-bond donors (Lipinski definition) is 2. The van der Waals surface area contributed by atoms with E-state index in [-0.39, 0.29) is 30.8 Å². The average molecular weight is 271 g/mol. The Morgan fingerprint density at radius 1 is 1.56 bits per heavy atom. The van der Waals surface area contributed by atoms with Gasteiger partial charge in [-0.3, -0.25) is 4.79 Å². The topological polar surface area (TPSA) is 49.3 Å². The van der Waals surface area contributed by atoms with Gasteiger partial charge in [0.1, 0.15) is 5.82 Å². The summed E-state index contributed by atoms with van der Waals surface area (Å²) >= 11 is 1.61. The summed E-state index contributed by atoms with van der Waals surface area (Å²) in [5.41, 5.74) is 0.652. The van der Waals surface area contributed by atoms with E-state index in [1.807, 2.05) is 6.26 Å². The molecule has 1 aromatic carbocycles. The first-order chi connectivity index (χ1) is 8.65. The fourth-order valence-electron chi connectivity index (χ4n) is 1.67. The van der Waals surface area contributed by atoms with Crippen LogP contribution < -0.4 is 5.32 Å². The summed E-state index contributed by atoms with van der Waals surface area (Å²) in [5.74, 6) is 0.277. The molecule has 18 heavy (non-hydrogen) atoms. The first-order valence-corrected chi connectivity index (χ1v) is 7.18. The predicted molar refractivity (Wildman–Crippen MR) is 72.1 cm³/mol. The standard InChI is InChI=1S/C13H18FNO2S/c1-18-9-12(5-6-16)15-13(17)8-10-3-2-4-11(14)7-10/h2-4,7,12,16H,5-6,8-9H2,1H3,(H,15,17). The van der Waals surface area contributed by atoms with Crippen molar-refractivity contribution in [3.05, 3.63) is 35.6 Å². The molecule has 2 N–H and O–H groups in total. The Hall–Kier alpha value is -1.07. The second-order valence-corrected chi connectivity index (χ2v) is 4.95. The van der Waals surface area contributed by atoms with Gasteiger partial charge in [0.15, 0.2) is 0 Å². The van der Waals surface area contributed by atoms with E-state index in [1.165, 1.54) is 12.1 Å². The summed E-state index contributed by atoms with van der Waals surface area (Å²) in [5, 5.41) is 11.7. The van der Waals surface area contributed by atoms with Gasteiger partial charge in [-0.05, 0) is 30.4 Å². The van der Waals surface area contributed by atoms with E-state index in [9.17, 15) is 9.18 Å². The molecule has 1 atom stereocenters. The largest absolute Gasteiger partial charge is 0.396 e. The molecule has 1 unspecified atom stereocenters. The molecule has 0 saturated carbocycles. The van der Waals surface area contributed by atoms with Crippen LogP contribution in [0.4, 0.5) is 4.39 Å². The van der Waals surface area contributed by atoms with Gasteiger partial charge >= 0.3 is 0 Å². The highest BCUT2D eigenvalue weighted by atomic mass is 32.2. The fourth-order valence-corrected chi connectivity index (χ4v) is 2.32. The van der Waals surface area contributed by atoms with Gasteiger partial charge in [0.2, 0.25) is 5.91 Å². The van der Waals surface area contributed by atoms with E-state index in [2.05, 4.69) is 5.32 Å². The molecule has 0 bridgehead atoms. The number of benzene rings is 1. The molecule has 0 spiro atoms. The highest BCUT2D eigenvalue weighted by molar-refractivity contribution is 7.98. The number of thioether (sulfide) groups is 1. The molecule has 100 valence electrons. The van der Waals surface area contributed by atoms with Crippen molar-refractivity contribution in [1.29, 1.82) is 0 Å². The van der Waals surface area contributed by atoms with E-state index >= 15 is 0 Å². The monoisotopic (exact) mass is 271 g/mol. The molecular weight excluding hydrogens is 253 g/mol. The lowest BCUT2D eigenvalue weighted by Gasteiger charge is -2.16. The minimum absolute atomic E-state index is 0.0361. The van der Waals surface area contributed by atoms with E-state index < -0.39 is 0 Å². The third kappa shape index (κ3) is 5.51.